The van der Waals surface area contributed by atoms with E-state index in [-0.39, 0.29) is 0 Å². The number of nitrogen functional groups attached to an aromatic ring is 2. The second-order valence-corrected chi connectivity index (χ2v) is 5.01. The van der Waals surface area contributed by atoms with Crippen LogP contribution in [-0.2, 0) is 0 Å². The van der Waals surface area contributed by atoms with Gasteiger partial charge in [-0.2, -0.15) is 0 Å². The van der Waals surface area contributed by atoms with Crippen LogP contribution in [0.4, 0.5) is 17.1 Å². The molecule has 0 spiro atoms. The van der Waals surface area contributed by atoms with Crippen LogP contribution in [0.25, 0.3) is 0 Å². The van der Waals surface area contributed by atoms with E-state index in [9.17, 15) is 0 Å². The van der Waals surface area contributed by atoms with Crippen molar-refractivity contribution in [3.63, 3.8) is 0 Å². The maximum atomic E-state index is 6.06. The molecule has 0 bridgehead atoms. The molecular weight excluding hydrogens is 228 g/mol. The van der Waals surface area contributed by atoms with Gasteiger partial charge in [0.2, 0.25) is 0 Å². The second-order valence-electron chi connectivity index (χ2n) is 5.01. The standard InChI is InChI=1S/C13H22N4O/c1-16(2)9-4-5-17(8-9)12-7-13(18-3)11(15)6-10(12)14/h6-7,9H,4-5,8,14-15H2,1-3H3/t9-/m1/s1. The summed E-state index contributed by atoms with van der Waals surface area (Å²) in [5, 5.41) is 0. The molecule has 18 heavy (non-hydrogen) atoms. The van der Waals surface area contributed by atoms with Gasteiger partial charge >= 0.3 is 0 Å². The number of ether oxygens (including phenoxy) is 1. The Hall–Kier alpha value is -1.62. The van der Waals surface area contributed by atoms with Crippen LogP contribution in [0.3, 0.4) is 0 Å². The first kappa shape index (κ1) is 12.8. The van der Waals surface area contributed by atoms with Gasteiger partial charge in [0.25, 0.3) is 0 Å². The Morgan fingerprint density at radius 1 is 1.28 bits per heavy atom. The van der Waals surface area contributed by atoms with Crippen LogP contribution >= 0.6 is 0 Å². The summed E-state index contributed by atoms with van der Waals surface area (Å²) in [5.74, 6) is 0.688. The molecule has 1 aliphatic rings. The normalized spacial score (nSPS) is 19.6. The molecule has 1 saturated heterocycles. The maximum absolute atomic E-state index is 6.06. The molecule has 0 radical (unpaired) electrons. The highest BCUT2D eigenvalue weighted by molar-refractivity contribution is 5.76. The van der Waals surface area contributed by atoms with Gasteiger partial charge < -0.3 is 26.0 Å². The Bertz CT molecular complexity index is 433. The van der Waals surface area contributed by atoms with Crippen molar-refractivity contribution in [1.29, 1.82) is 0 Å². The molecule has 0 aliphatic carbocycles. The van der Waals surface area contributed by atoms with E-state index in [0.717, 1.165) is 25.2 Å². The molecule has 1 atom stereocenters. The molecule has 2 rings (SSSR count). The minimum atomic E-state index is 0.577. The third-order valence-corrected chi connectivity index (χ3v) is 3.61. The van der Waals surface area contributed by atoms with E-state index in [2.05, 4.69) is 23.9 Å². The maximum Gasteiger partial charge on any atom is 0.143 e. The number of anilines is 3. The lowest BCUT2D eigenvalue weighted by molar-refractivity contribution is 0.315. The number of nitrogens with two attached hydrogens (primary N) is 2. The average Bonchev–Trinajstić information content (AvgIpc) is 2.78. The van der Waals surface area contributed by atoms with E-state index >= 15 is 0 Å². The highest BCUT2D eigenvalue weighted by Crippen LogP contribution is 2.35. The number of hydrogen-bond donors (Lipinski definition) is 2. The molecule has 1 aliphatic heterocycles. The lowest BCUT2D eigenvalue weighted by Crippen LogP contribution is -2.31. The quantitative estimate of drug-likeness (QED) is 0.783. The molecule has 5 nitrogen and oxygen atoms in total. The van der Waals surface area contributed by atoms with Crippen molar-refractivity contribution in [2.45, 2.75) is 12.5 Å². The molecule has 4 N–H and O–H groups in total. The van der Waals surface area contributed by atoms with Crippen molar-refractivity contribution in [2.24, 2.45) is 0 Å². The van der Waals surface area contributed by atoms with Crippen molar-refractivity contribution in [3.8, 4) is 5.75 Å². The summed E-state index contributed by atoms with van der Waals surface area (Å²) >= 11 is 0. The smallest absolute Gasteiger partial charge is 0.143 e. The number of likely N-dealkylation sites (N-methyl/N-ethyl adjacent to an activating group) is 1. The summed E-state index contributed by atoms with van der Waals surface area (Å²) in [4.78, 5) is 4.55. The molecule has 1 fully saturated rings. The lowest BCUT2D eigenvalue weighted by Gasteiger charge is -2.23. The SMILES string of the molecule is COc1cc(N2CC[C@@H](N(C)C)C2)c(N)cc1N. The van der Waals surface area contributed by atoms with E-state index < -0.39 is 0 Å². The summed E-state index contributed by atoms with van der Waals surface area (Å²) in [5.41, 5.74) is 14.2. The highest BCUT2D eigenvalue weighted by Gasteiger charge is 2.25. The number of methoxy groups -OCH3 is 1. The van der Waals surface area contributed by atoms with Crippen LogP contribution < -0.4 is 21.1 Å². The van der Waals surface area contributed by atoms with Crippen molar-refractivity contribution >= 4 is 17.1 Å². The van der Waals surface area contributed by atoms with E-state index in [0.29, 0.717) is 23.2 Å². The molecule has 1 heterocycles. The summed E-state index contributed by atoms with van der Waals surface area (Å²) in [6.45, 7) is 2.00. The topological polar surface area (TPSA) is 67.8 Å². The van der Waals surface area contributed by atoms with Gasteiger partial charge in [-0.25, -0.2) is 0 Å². The van der Waals surface area contributed by atoms with E-state index in [1.807, 2.05) is 6.07 Å². The second kappa shape index (κ2) is 4.94. The van der Waals surface area contributed by atoms with Gasteiger partial charge in [-0.1, -0.05) is 0 Å². The van der Waals surface area contributed by atoms with Crippen LogP contribution in [0.1, 0.15) is 6.42 Å². The first-order valence-corrected chi connectivity index (χ1v) is 6.17. The molecule has 0 amide bonds. The van der Waals surface area contributed by atoms with E-state index in [1.54, 1.807) is 13.2 Å². The molecule has 0 saturated carbocycles. The minimum Gasteiger partial charge on any atom is -0.495 e. The van der Waals surface area contributed by atoms with Crippen LogP contribution in [0.2, 0.25) is 0 Å². The molecule has 0 unspecified atom stereocenters. The highest BCUT2D eigenvalue weighted by atomic mass is 16.5. The fraction of sp³-hybridized carbons (Fsp3) is 0.538. The summed E-state index contributed by atoms with van der Waals surface area (Å²) < 4.78 is 5.26. The van der Waals surface area contributed by atoms with E-state index in [4.69, 9.17) is 16.2 Å². The van der Waals surface area contributed by atoms with Gasteiger partial charge in [0.15, 0.2) is 0 Å². The van der Waals surface area contributed by atoms with Crippen molar-refractivity contribution in [1.82, 2.24) is 4.90 Å². The summed E-state index contributed by atoms with van der Waals surface area (Å²) in [6.07, 6.45) is 1.15. The number of rotatable bonds is 3. The van der Waals surface area contributed by atoms with Crippen LogP contribution in [-0.4, -0.2) is 45.2 Å². The van der Waals surface area contributed by atoms with Gasteiger partial charge in [-0.15, -0.1) is 0 Å². The predicted octanol–water partition coefficient (Wildman–Crippen LogP) is 1.000. The van der Waals surface area contributed by atoms with Gasteiger partial charge in [0, 0.05) is 25.2 Å². The molecule has 0 aromatic heterocycles. The number of nitrogens with zero attached hydrogens (tertiary/aromatic N) is 2. The Labute approximate surface area is 108 Å². The first-order valence-electron chi connectivity index (χ1n) is 6.17. The average molecular weight is 250 g/mol. The zero-order valence-electron chi connectivity index (χ0n) is 11.3. The van der Waals surface area contributed by atoms with E-state index in [1.165, 1.54) is 0 Å². The van der Waals surface area contributed by atoms with Crippen molar-refractivity contribution < 1.29 is 4.74 Å². The summed E-state index contributed by atoms with van der Waals surface area (Å²) in [7, 11) is 5.85. The van der Waals surface area contributed by atoms with Gasteiger partial charge in [-0.3, -0.25) is 0 Å². The molecule has 1 aromatic rings. The largest absolute Gasteiger partial charge is 0.495 e. The zero-order valence-corrected chi connectivity index (χ0v) is 11.3. The summed E-state index contributed by atoms with van der Waals surface area (Å²) in [6, 6.07) is 4.28. The van der Waals surface area contributed by atoms with Crippen LogP contribution in [0.5, 0.6) is 5.75 Å². The van der Waals surface area contributed by atoms with Crippen LogP contribution in [0.15, 0.2) is 12.1 Å². The fourth-order valence-corrected chi connectivity index (χ4v) is 2.44. The van der Waals surface area contributed by atoms with Crippen molar-refractivity contribution in [3.05, 3.63) is 12.1 Å². The number of hydrogen-bond acceptors (Lipinski definition) is 5. The minimum absolute atomic E-state index is 0.577. The van der Waals surface area contributed by atoms with Crippen molar-refractivity contribution in [2.75, 3.05) is 50.7 Å². The monoisotopic (exact) mass is 250 g/mol. The Morgan fingerprint density at radius 3 is 2.56 bits per heavy atom. The molecule has 5 heteroatoms. The zero-order chi connectivity index (χ0) is 13.3. The third kappa shape index (κ3) is 2.31. The number of benzene rings is 1. The lowest BCUT2D eigenvalue weighted by atomic mass is 10.2. The Balaban J connectivity index is 2.24. The molecular formula is C13H22N4O. The van der Waals surface area contributed by atoms with Gasteiger partial charge in [0.05, 0.1) is 24.2 Å². The Kier molecular flexibility index (Phi) is 3.52. The van der Waals surface area contributed by atoms with Gasteiger partial charge in [0.1, 0.15) is 5.75 Å². The first-order chi connectivity index (χ1) is 8.52. The molecule has 100 valence electrons. The molecule has 1 aromatic carbocycles. The van der Waals surface area contributed by atoms with Crippen LogP contribution in [0, 0.1) is 0 Å². The Morgan fingerprint density at radius 2 is 2.00 bits per heavy atom. The predicted molar refractivity (Wildman–Crippen MR) is 76.1 cm³/mol. The fourth-order valence-electron chi connectivity index (χ4n) is 2.44. The third-order valence-electron chi connectivity index (χ3n) is 3.61. The van der Waals surface area contributed by atoms with Gasteiger partial charge in [-0.05, 0) is 26.6 Å².